The van der Waals surface area contributed by atoms with Crippen LogP contribution in [0.5, 0.6) is 0 Å². The minimum atomic E-state index is -1.41. The maximum atomic E-state index is 12.3. The second-order valence-electron chi connectivity index (χ2n) is 10.3. The molecule has 0 radical (unpaired) electrons. The average Bonchev–Trinajstić information content (AvgIpc) is 2.93. The summed E-state index contributed by atoms with van der Waals surface area (Å²) in [6.45, 7) is 7.99. The van der Waals surface area contributed by atoms with Crippen LogP contribution < -0.4 is 0 Å². The first-order chi connectivity index (χ1) is 22.4. The number of ether oxygens (including phenoxy) is 10. The summed E-state index contributed by atoms with van der Waals surface area (Å²) in [6.07, 6.45) is -10.6. The van der Waals surface area contributed by atoms with E-state index in [0.717, 1.165) is 55.4 Å². The number of esters is 8. The van der Waals surface area contributed by atoms with Crippen molar-refractivity contribution in [3.05, 3.63) is 0 Å². The Kier molecular flexibility index (Phi) is 16.2. The summed E-state index contributed by atoms with van der Waals surface area (Å²) in [5.74, 6) is -6.13. The molecular weight excluding hydrogens is 782 g/mol. The number of hydrogen-bond donors (Lipinski definition) is 0. The molecule has 270 valence electrons. The van der Waals surface area contributed by atoms with Crippen LogP contribution >= 0.6 is 0 Å². The van der Waals surface area contributed by atoms with Crippen LogP contribution in [-0.2, 0) is 85.7 Å². The Hall–Kier alpha value is -3.28. The molecule has 0 N–H and O–H groups in total. The molecule has 2 fully saturated rings. The van der Waals surface area contributed by atoms with E-state index in [2.05, 4.69) is 0 Å². The van der Waals surface area contributed by atoms with Crippen molar-refractivity contribution in [2.24, 2.45) is 0 Å². The molecule has 2 aliphatic rings. The van der Waals surface area contributed by atoms with Crippen LogP contribution in [0.1, 0.15) is 55.4 Å². The van der Waals surface area contributed by atoms with Gasteiger partial charge >= 0.3 is 287 Å². The van der Waals surface area contributed by atoms with Crippen molar-refractivity contribution in [1.29, 1.82) is 0 Å². The average molecular weight is 821 g/mol. The summed E-state index contributed by atoms with van der Waals surface area (Å²) in [6, 6.07) is 0. The molecule has 0 aromatic heterocycles. The van der Waals surface area contributed by atoms with Gasteiger partial charge in [-0.05, 0) is 0 Å². The van der Waals surface area contributed by atoms with E-state index in [-0.39, 0.29) is 0 Å². The molecule has 0 aromatic carbocycles. The van der Waals surface area contributed by atoms with Crippen molar-refractivity contribution in [2.75, 3.05) is 13.2 Å². The van der Waals surface area contributed by atoms with E-state index in [1.54, 1.807) is 0 Å². The number of carbonyl (C=O) groups is 8. The number of hydrogen-bond acceptors (Lipinski definition) is 18. The van der Waals surface area contributed by atoms with Crippen LogP contribution in [0.2, 0.25) is 4.82 Å². The van der Waals surface area contributed by atoms with E-state index in [1.165, 1.54) is 0 Å². The summed E-state index contributed by atoms with van der Waals surface area (Å²) in [7, 11) is 0. The van der Waals surface area contributed by atoms with Gasteiger partial charge in [-0.1, -0.05) is 0 Å². The third-order valence-electron chi connectivity index (χ3n) is 6.14. The summed E-state index contributed by atoms with van der Waals surface area (Å²) in [4.78, 5) is 95.4. The third-order valence-corrected chi connectivity index (χ3v) is 14.8. The zero-order valence-corrected chi connectivity index (χ0v) is 30.8. The van der Waals surface area contributed by atoms with Crippen molar-refractivity contribution in [1.82, 2.24) is 0 Å². The van der Waals surface area contributed by atoms with Gasteiger partial charge in [0.25, 0.3) is 0 Å². The molecule has 20 heteroatoms. The molecule has 2 aliphatic heterocycles. The molecular formula is C28H38O18Se2. The van der Waals surface area contributed by atoms with Crippen molar-refractivity contribution in [2.45, 2.75) is 114 Å². The van der Waals surface area contributed by atoms with Gasteiger partial charge in [-0.15, -0.1) is 0 Å². The Balaban J connectivity index is 2.59. The first-order valence-electron chi connectivity index (χ1n) is 14.3. The van der Waals surface area contributed by atoms with E-state index in [0.29, 0.717) is 0 Å². The van der Waals surface area contributed by atoms with E-state index in [1.807, 2.05) is 0 Å². The maximum absolute atomic E-state index is 12.3. The van der Waals surface area contributed by atoms with Gasteiger partial charge < -0.3 is 0 Å². The predicted molar refractivity (Wildman–Crippen MR) is 155 cm³/mol. The van der Waals surface area contributed by atoms with Gasteiger partial charge in [-0.3, -0.25) is 0 Å². The SMILES string of the molecule is CC(=O)OCC1O[C@@H](OC(C)=O)[C@H]([Se][Se]C2O[C@H](COC(C)=O)[C@H](OC(C)=O)[C@H](OC(C)=O)[C@H]2OC(C)=O)[C@@H](OC(C)=O)[C@H]1OC(C)=O. The van der Waals surface area contributed by atoms with Gasteiger partial charge in [0.05, 0.1) is 0 Å². The van der Waals surface area contributed by atoms with E-state index >= 15 is 0 Å². The van der Waals surface area contributed by atoms with E-state index < -0.39 is 146 Å². The summed E-state index contributed by atoms with van der Waals surface area (Å²) < 4.78 is 55.3. The van der Waals surface area contributed by atoms with Crippen LogP contribution in [0.15, 0.2) is 0 Å². The van der Waals surface area contributed by atoms with Gasteiger partial charge in [0.1, 0.15) is 0 Å². The molecule has 0 aliphatic carbocycles. The fourth-order valence-electron chi connectivity index (χ4n) is 4.62. The van der Waals surface area contributed by atoms with E-state index in [9.17, 15) is 38.4 Å². The van der Waals surface area contributed by atoms with Crippen LogP contribution in [0, 0.1) is 0 Å². The molecule has 0 aromatic rings. The molecule has 2 heterocycles. The van der Waals surface area contributed by atoms with Crippen molar-refractivity contribution in [3.63, 3.8) is 0 Å². The van der Waals surface area contributed by atoms with Crippen LogP contribution in [0.3, 0.4) is 0 Å². The van der Waals surface area contributed by atoms with Gasteiger partial charge in [-0.25, -0.2) is 0 Å². The zero-order chi connectivity index (χ0) is 36.3. The third kappa shape index (κ3) is 13.0. The standard InChI is InChI=1S/C28H38O18Se2/c1-11(29)37-9-19-22(40-14(4)32)24(42-16(6)34)26(27(45-19)44-18(8)36)47-48-28-25(43-17(7)35)23(41-15(5)33)21(39-13(3)31)20(46-28)10-38-12(2)30/h19-28H,9-10H2,1-8H3/t19?,20-,21+,22+,23+,24+,25-,26-,27-,28?/m1/s1. The summed E-state index contributed by atoms with van der Waals surface area (Å²) in [5, 5.41) is -1.08. The van der Waals surface area contributed by atoms with E-state index in [4.69, 9.17) is 47.4 Å². The van der Waals surface area contributed by atoms with Crippen LogP contribution in [-0.4, -0.2) is 141 Å². The van der Waals surface area contributed by atoms with Gasteiger partial charge in [0.2, 0.25) is 0 Å². The molecule has 0 spiro atoms. The Morgan fingerprint density at radius 3 is 1.25 bits per heavy atom. The van der Waals surface area contributed by atoms with Crippen LogP contribution in [0.4, 0.5) is 0 Å². The van der Waals surface area contributed by atoms with Gasteiger partial charge in [-0.2, -0.15) is 0 Å². The molecule has 0 bridgehead atoms. The molecule has 2 unspecified atom stereocenters. The van der Waals surface area contributed by atoms with Gasteiger partial charge in [0, 0.05) is 0 Å². The zero-order valence-electron chi connectivity index (χ0n) is 27.4. The monoisotopic (exact) mass is 822 g/mol. The minimum absolute atomic E-state index is 0.442. The number of rotatable bonds is 13. The quantitative estimate of drug-likeness (QED) is 0.122. The normalized spacial score (nSPS) is 29.7. The summed E-state index contributed by atoms with van der Waals surface area (Å²) in [5.41, 5.74) is 0. The molecule has 2 saturated heterocycles. The van der Waals surface area contributed by atoms with Crippen molar-refractivity contribution >= 4 is 74.0 Å². The molecule has 0 saturated carbocycles. The van der Waals surface area contributed by atoms with Crippen molar-refractivity contribution < 1.29 is 85.7 Å². The Bertz CT molecular complexity index is 1220. The number of carbonyl (C=O) groups excluding carboxylic acids is 8. The molecule has 2 rings (SSSR count). The predicted octanol–water partition coefficient (Wildman–Crippen LogP) is -1.10. The second kappa shape index (κ2) is 19.0. The van der Waals surface area contributed by atoms with Gasteiger partial charge in [0.15, 0.2) is 0 Å². The first kappa shape index (κ1) is 40.9. The first-order valence-corrected chi connectivity index (χ1v) is 20.6. The Morgan fingerprint density at radius 1 is 0.438 bits per heavy atom. The fourth-order valence-corrected chi connectivity index (χ4v) is 13.8. The topological polar surface area (TPSA) is 229 Å². The molecule has 10 atom stereocenters. The fraction of sp³-hybridized carbons (Fsp3) is 0.714. The van der Waals surface area contributed by atoms with Crippen LogP contribution in [0.25, 0.3) is 0 Å². The molecule has 48 heavy (non-hydrogen) atoms. The summed E-state index contributed by atoms with van der Waals surface area (Å²) >= 11 is -1.67. The Morgan fingerprint density at radius 2 is 0.812 bits per heavy atom. The molecule has 0 amide bonds. The van der Waals surface area contributed by atoms with Crippen molar-refractivity contribution in [3.8, 4) is 0 Å². The molecule has 18 nitrogen and oxygen atoms in total. The second-order valence-corrected chi connectivity index (χ2v) is 17.4. The Labute approximate surface area is 286 Å².